The number of nitrogens with zero attached hydrogens (tertiary/aromatic N) is 4. The summed E-state index contributed by atoms with van der Waals surface area (Å²) in [5.74, 6) is -0.0636. The van der Waals surface area contributed by atoms with Crippen molar-refractivity contribution in [1.82, 2.24) is 9.80 Å². The highest BCUT2D eigenvalue weighted by Gasteiger charge is 2.44. The van der Waals surface area contributed by atoms with Crippen LogP contribution in [0.4, 0.5) is 11.4 Å². The van der Waals surface area contributed by atoms with Crippen molar-refractivity contribution in [2.45, 2.75) is 44.2 Å². The van der Waals surface area contributed by atoms with Gasteiger partial charge in [0.15, 0.2) is 0 Å². The van der Waals surface area contributed by atoms with Gasteiger partial charge >= 0.3 is 0 Å². The number of piperidine rings is 1. The van der Waals surface area contributed by atoms with Crippen LogP contribution < -0.4 is 9.80 Å². The predicted octanol–water partition coefficient (Wildman–Crippen LogP) is 1.47. The molecule has 7 nitrogen and oxygen atoms in total. The molecule has 1 aromatic rings. The van der Waals surface area contributed by atoms with E-state index < -0.39 is 6.04 Å². The highest BCUT2D eigenvalue weighted by Crippen LogP contribution is 2.30. The highest BCUT2D eigenvalue weighted by atomic mass is 16.2. The van der Waals surface area contributed by atoms with Gasteiger partial charge in [0.05, 0.1) is 18.2 Å². The van der Waals surface area contributed by atoms with Crippen LogP contribution in [0.3, 0.4) is 0 Å². The fraction of sp³-hybridized carbons (Fsp3) is 0.571. The van der Waals surface area contributed by atoms with Crippen molar-refractivity contribution in [3.05, 3.63) is 24.3 Å². The van der Waals surface area contributed by atoms with Gasteiger partial charge in [0.1, 0.15) is 0 Å². The minimum atomic E-state index is -0.415. The lowest BCUT2D eigenvalue weighted by Crippen LogP contribution is -2.53. The SMILES string of the molecule is CN(C)c1ccc(N2C(=O)CC(N3CCCC(N4CCCC4=O)C3)C2=O)cc1. The Hall–Kier alpha value is -2.41. The first-order chi connectivity index (χ1) is 13.5. The number of hydrogen-bond donors (Lipinski definition) is 0. The molecule has 0 aromatic heterocycles. The number of carbonyl (C=O) groups is 3. The molecule has 4 rings (SSSR count). The summed E-state index contributed by atoms with van der Waals surface area (Å²) in [7, 11) is 3.91. The molecule has 3 saturated heterocycles. The van der Waals surface area contributed by atoms with Gasteiger partial charge in [-0.3, -0.25) is 19.3 Å². The first-order valence-electron chi connectivity index (χ1n) is 10.1. The summed E-state index contributed by atoms with van der Waals surface area (Å²) in [6.07, 6.45) is 3.70. The number of carbonyl (C=O) groups excluding carboxylic acids is 3. The smallest absolute Gasteiger partial charge is 0.251 e. The molecule has 28 heavy (non-hydrogen) atoms. The van der Waals surface area contributed by atoms with Crippen molar-refractivity contribution in [2.24, 2.45) is 0 Å². The van der Waals surface area contributed by atoms with E-state index in [1.54, 1.807) is 0 Å². The number of hydrogen-bond acceptors (Lipinski definition) is 5. The largest absolute Gasteiger partial charge is 0.378 e. The van der Waals surface area contributed by atoms with E-state index in [0.717, 1.165) is 38.0 Å². The summed E-state index contributed by atoms with van der Waals surface area (Å²) < 4.78 is 0. The van der Waals surface area contributed by atoms with Gasteiger partial charge in [0.2, 0.25) is 11.8 Å². The molecule has 0 spiro atoms. The molecular formula is C21H28N4O3. The van der Waals surface area contributed by atoms with Gasteiger partial charge in [-0.05, 0) is 50.1 Å². The minimum absolute atomic E-state index is 0.143. The van der Waals surface area contributed by atoms with Crippen LogP contribution >= 0.6 is 0 Å². The van der Waals surface area contributed by atoms with Gasteiger partial charge in [0, 0.05) is 45.3 Å². The molecule has 2 atom stereocenters. The Balaban J connectivity index is 1.48. The molecule has 0 N–H and O–H groups in total. The van der Waals surface area contributed by atoms with Crippen molar-refractivity contribution >= 4 is 29.1 Å². The van der Waals surface area contributed by atoms with Crippen LogP contribution in [0.1, 0.15) is 32.1 Å². The van der Waals surface area contributed by atoms with Crippen LogP contribution in [-0.2, 0) is 14.4 Å². The van der Waals surface area contributed by atoms with Crippen LogP contribution in [0, 0.1) is 0 Å². The fourth-order valence-corrected chi connectivity index (χ4v) is 4.65. The van der Waals surface area contributed by atoms with Gasteiger partial charge < -0.3 is 9.80 Å². The van der Waals surface area contributed by atoms with Crippen molar-refractivity contribution in [2.75, 3.05) is 43.5 Å². The number of amides is 3. The third-order valence-corrected chi connectivity index (χ3v) is 6.17. The molecule has 3 aliphatic rings. The number of likely N-dealkylation sites (tertiary alicyclic amines) is 2. The number of imide groups is 1. The van der Waals surface area contributed by atoms with Crippen molar-refractivity contribution in [1.29, 1.82) is 0 Å². The third kappa shape index (κ3) is 3.39. The number of rotatable bonds is 4. The van der Waals surface area contributed by atoms with E-state index in [1.807, 2.05) is 48.2 Å². The fourth-order valence-electron chi connectivity index (χ4n) is 4.65. The summed E-state index contributed by atoms with van der Waals surface area (Å²) in [6.45, 7) is 2.30. The summed E-state index contributed by atoms with van der Waals surface area (Å²) in [6, 6.07) is 7.24. The Morgan fingerprint density at radius 3 is 2.36 bits per heavy atom. The van der Waals surface area contributed by atoms with E-state index >= 15 is 0 Å². The average Bonchev–Trinajstić information content (AvgIpc) is 3.24. The molecule has 2 unspecified atom stereocenters. The van der Waals surface area contributed by atoms with E-state index in [1.165, 1.54) is 4.90 Å². The van der Waals surface area contributed by atoms with Gasteiger partial charge in [-0.2, -0.15) is 0 Å². The monoisotopic (exact) mass is 384 g/mol. The van der Waals surface area contributed by atoms with E-state index in [4.69, 9.17) is 0 Å². The van der Waals surface area contributed by atoms with Gasteiger partial charge in [-0.25, -0.2) is 4.90 Å². The summed E-state index contributed by atoms with van der Waals surface area (Å²) in [5.41, 5.74) is 1.65. The van der Waals surface area contributed by atoms with Crippen molar-refractivity contribution in [3.8, 4) is 0 Å². The second-order valence-electron chi connectivity index (χ2n) is 8.18. The lowest BCUT2D eigenvalue weighted by atomic mass is 10.0. The zero-order valence-corrected chi connectivity index (χ0v) is 16.6. The van der Waals surface area contributed by atoms with Gasteiger partial charge in [-0.15, -0.1) is 0 Å². The molecule has 0 radical (unpaired) electrons. The van der Waals surface area contributed by atoms with Crippen molar-refractivity contribution < 1.29 is 14.4 Å². The van der Waals surface area contributed by atoms with E-state index in [-0.39, 0.29) is 30.2 Å². The molecule has 3 heterocycles. The zero-order valence-electron chi connectivity index (χ0n) is 16.6. The maximum Gasteiger partial charge on any atom is 0.251 e. The number of anilines is 2. The maximum absolute atomic E-state index is 13.1. The molecule has 1 aromatic carbocycles. The first kappa shape index (κ1) is 18.9. The quantitative estimate of drug-likeness (QED) is 0.736. The normalized spacial score (nSPS) is 26.4. The second-order valence-corrected chi connectivity index (χ2v) is 8.18. The molecule has 0 aliphatic carbocycles. The van der Waals surface area contributed by atoms with E-state index in [9.17, 15) is 14.4 Å². The zero-order chi connectivity index (χ0) is 19.8. The predicted molar refractivity (Wildman–Crippen MR) is 107 cm³/mol. The summed E-state index contributed by atoms with van der Waals surface area (Å²) in [4.78, 5) is 45.3. The Kier molecular flexibility index (Phi) is 5.10. The molecule has 7 heteroatoms. The first-order valence-corrected chi connectivity index (χ1v) is 10.1. The Morgan fingerprint density at radius 1 is 0.964 bits per heavy atom. The Bertz CT molecular complexity index is 776. The number of benzene rings is 1. The molecular weight excluding hydrogens is 356 g/mol. The highest BCUT2D eigenvalue weighted by molar-refractivity contribution is 6.22. The minimum Gasteiger partial charge on any atom is -0.378 e. The van der Waals surface area contributed by atoms with Crippen LogP contribution in [-0.4, -0.2) is 73.3 Å². The molecule has 3 fully saturated rings. The molecule has 150 valence electrons. The molecule has 3 aliphatic heterocycles. The van der Waals surface area contributed by atoms with E-state index in [2.05, 4.69) is 4.90 Å². The maximum atomic E-state index is 13.1. The van der Waals surface area contributed by atoms with Gasteiger partial charge in [0.25, 0.3) is 5.91 Å². The molecule has 0 saturated carbocycles. The summed E-state index contributed by atoms with van der Waals surface area (Å²) >= 11 is 0. The van der Waals surface area contributed by atoms with Crippen LogP contribution in [0.15, 0.2) is 24.3 Å². The standard InChI is InChI=1S/C21H28N4O3/c1-22(2)15-7-9-16(10-8-15)25-20(27)13-18(21(25)28)23-11-3-5-17(14-23)24-12-4-6-19(24)26/h7-10,17-18H,3-6,11-14H2,1-2H3. The molecule has 3 amide bonds. The second kappa shape index (κ2) is 7.54. The van der Waals surface area contributed by atoms with Crippen molar-refractivity contribution in [3.63, 3.8) is 0 Å². The van der Waals surface area contributed by atoms with Gasteiger partial charge in [-0.1, -0.05) is 0 Å². The lowest BCUT2D eigenvalue weighted by molar-refractivity contribution is -0.131. The van der Waals surface area contributed by atoms with Crippen LogP contribution in [0.5, 0.6) is 0 Å². The third-order valence-electron chi connectivity index (χ3n) is 6.17. The van der Waals surface area contributed by atoms with Crippen LogP contribution in [0.2, 0.25) is 0 Å². The average molecular weight is 384 g/mol. The Labute approximate surface area is 165 Å². The Morgan fingerprint density at radius 2 is 1.71 bits per heavy atom. The summed E-state index contributed by atoms with van der Waals surface area (Å²) in [5, 5.41) is 0. The lowest BCUT2D eigenvalue weighted by Gasteiger charge is -2.39. The van der Waals surface area contributed by atoms with E-state index in [0.29, 0.717) is 18.7 Å². The molecule has 0 bridgehead atoms. The van der Waals surface area contributed by atoms with Crippen LogP contribution in [0.25, 0.3) is 0 Å². The topological polar surface area (TPSA) is 64.2 Å².